The Bertz CT molecular complexity index is 525. The molecule has 21 heavy (non-hydrogen) atoms. The van der Waals surface area contributed by atoms with Crippen molar-refractivity contribution in [1.29, 1.82) is 0 Å². The standard InChI is InChI=1S/C16H21F2NO2/c1-16(2,3)21-15(20)14-5-4-8-19(14)10-11-6-7-12(17)13(18)9-11/h6-7,9,14H,4-5,8,10H2,1-3H3/t14-/m1/s1. The number of carbonyl (C=O) groups is 1. The molecule has 1 atom stereocenters. The van der Waals surface area contributed by atoms with Crippen molar-refractivity contribution in [3.63, 3.8) is 0 Å². The second-order valence-electron chi connectivity index (χ2n) is 6.41. The Morgan fingerprint density at radius 1 is 1.33 bits per heavy atom. The van der Waals surface area contributed by atoms with Crippen molar-refractivity contribution in [2.45, 2.75) is 51.8 Å². The molecule has 1 aliphatic rings. The Kier molecular flexibility index (Phi) is 4.61. The first-order chi connectivity index (χ1) is 9.76. The lowest BCUT2D eigenvalue weighted by molar-refractivity contribution is -0.160. The third kappa shape index (κ3) is 4.24. The molecular weight excluding hydrogens is 276 g/mol. The molecule has 1 aromatic rings. The maximum Gasteiger partial charge on any atom is 0.323 e. The highest BCUT2D eigenvalue weighted by atomic mass is 19.2. The number of hydrogen-bond donors (Lipinski definition) is 0. The summed E-state index contributed by atoms with van der Waals surface area (Å²) in [5.74, 6) is -1.97. The normalized spacial score (nSPS) is 19.8. The van der Waals surface area contributed by atoms with Crippen molar-refractivity contribution in [3.8, 4) is 0 Å². The Hall–Kier alpha value is -1.49. The molecule has 1 heterocycles. The monoisotopic (exact) mass is 297 g/mol. The summed E-state index contributed by atoms with van der Waals surface area (Å²) in [4.78, 5) is 14.1. The predicted molar refractivity (Wildman–Crippen MR) is 75.6 cm³/mol. The molecule has 0 N–H and O–H groups in total. The molecule has 0 bridgehead atoms. The van der Waals surface area contributed by atoms with Crippen LogP contribution in [0.25, 0.3) is 0 Å². The van der Waals surface area contributed by atoms with E-state index in [4.69, 9.17) is 4.74 Å². The summed E-state index contributed by atoms with van der Waals surface area (Å²) in [6, 6.07) is 3.53. The third-order valence-electron chi connectivity index (χ3n) is 3.41. The molecule has 0 aromatic heterocycles. The van der Waals surface area contributed by atoms with Crippen LogP contribution < -0.4 is 0 Å². The van der Waals surface area contributed by atoms with E-state index in [1.807, 2.05) is 25.7 Å². The van der Waals surface area contributed by atoms with Gasteiger partial charge >= 0.3 is 5.97 Å². The average Bonchev–Trinajstić information content (AvgIpc) is 2.80. The van der Waals surface area contributed by atoms with Gasteiger partial charge in [-0.15, -0.1) is 0 Å². The zero-order chi connectivity index (χ0) is 15.6. The van der Waals surface area contributed by atoms with Gasteiger partial charge in [-0.1, -0.05) is 6.07 Å². The molecular formula is C16H21F2NO2. The first kappa shape index (κ1) is 15.9. The number of carbonyl (C=O) groups excluding carboxylic acids is 1. The lowest BCUT2D eigenvalue weighted by Crippen LogP contribution is -2.40. The zero-order valence-corrected chi connectivity index (χ0v) is 12.7. The molecule has 1 saturated heterocycles. The van der Waals surface area contributed by atoms with Gasteiger partial charge in [-0.25, -0.2) is 8.78 Å². The molecule has 0 amide bonds. The highest BCUT2D eigenvalue weighted by Crippen LogP contribution is 2.23. The van der Waals surface area contributed by atoms with E-state index in [9.17, 15) is 13.6 Å². The highest BCUT2D eigenvalue weighted by molar-refractivity contribution is 5.76. The zero-order valence-electron chi connectivity index (χ0n) is 12.7. The van der Waals surface area contributed by atoms with Gasteiger partial charge in [0.05, 0.1) is 0 Å². The summed E-state index contributed by atoms with van der Waals surface area (Å²) in [6.07, 6.45) is 1.63. The van der Waals surface area contributed by atoms with Crippen LogP contribution in [0.1, 0.15) is 39.2 Å². The number of likely N-dealkylation sites (tertiary alicyclic amines) is 1. The molecule has 0 unspecified atom stereocenters. The summed E-state index contributed by atoms with van der Waals surface area (Å²) in [5.41, 5.74) is 0.136. The van der Waals surface area contributed by atoms with E-state index in [2.05, 4.69) is 0 Å². The van der Waals surface area contributed by atoms with Crippen LogP contribution in [-0.4, -0.2) is 29.1 Å². The Morgan fingerprint density at radius 3 is 2.67 bits per heavy atom. The predicted octanol–water partition coefficient (Wildman–Crippen LogP) is 3.27. The van der Waals surface area contributed by atoms with Crippen LogP contribution in [0.2, 0.25) is 0 Å². The number of ether oxygens (including phenoxy) is 1. The van der Waals surface area contributed by atoms with Crippen LogP contribution in [-0.2, 0) is 16.1 Å². The van der Waals surface area contributed by atoms with Crippen LogP contribution in [0.3, 0.4) is 0 Å². The molecule has 1 aliphatic heterocycles. The first-order valence-electron chi connectivity index (χ1n) is 7.17. The van der Waals surface area contributed by atoms with Crippen molar-refractivity contribution in [2.24, 2.45) is 0 Å². The second-order valence-corrected chi connectivity index (χ2v) is 6.41. The van der Waals surface area contributed by atoms with Gasteiger partial charge in [-0.2, -0.15) is 0 Å². The number of nitrogens with zero attached hydrogens (tertiary/aromatic N) is 1. The largest absolute Gasteiger partial charge is 0.459 e. The van der Waals surface area contributed by atoms with Crippen LogP contribution >= 0.6 is 0 Å². The Morgan fingerprint density at radius 2 is 2.05 bits per heavy atom. The van der Waals surface area contributed by atoms with Crippen LogP contribution in [0, 0.1) is 11.6 Å². The van der Waals surface area contributed by atoms with E-state index in [1.54, 1.807) is 6.07 Å². The maximum atomic E-state index is 13.2. The topological polar surface area (TPSA) is 29.5 Å². The summed E-state index contributed by atoms with van der Waals surface area (Å²) in [6.45, 7) is 6.67. The molecule has 1 fully saturated rings. The van der Waals surface area contributed by atoms with E-state index in [0.717, 1.165) is 25.5 Å². The summed E-state index contributed by atoms with van der Waals surface area (Å²) in [7, 11) is 0. The molecule has 5 heteroatoms. The van der Waals surface area contributed by atoms with E-state index in [1.165, 1.54) is 6.07 Å². The minimum atomic E-state index is -0.861. The fraction of sp³-hybridized carbons (Fsp3) is 0.562. The molecule has 0 aliphatic carbocycles. The van der Waals surface area contributed by atoms with E-state index < -0.39 is 17.2 Å². The Balaban J connectivity index is 2.05. The van der Waals surface area contributed by atoms with Gasteiger partial charge in [0, 0.05) is 6.54 Å². The van der Waals surface area contributed by atoms with Gasteiger partial charge in [0.25, 0.3) is 0 Å². The van der Waals surface area contributed by atoms with Gasteiger partial charge in [-0.3, -0.25) is 9.69 Å². The van der Waals surface area contributed by atoms with Gasteiger partial charge in [0.2, 0.25) is 0 Å². The molecule has 0 radical (unpaired) electrons. The van der Waals surface area contributed by atoms with E-state index >= 15 is 0 Å². The quantitative estimate of drug-likeness (QED) is 0.802. The number of hydrogen-bond acceptors (Lipinski definition) is 3. The van der Waals surface area contributed by atoms with Crippen LogP contribution in [0.15, 0.2) is 18.2 Å². The minimum absolute atomic E-state index is 0.248. The van der Waals surface area contributed by atoms with Gasteiger partial charge in [-0.05, 0) is 57.9 Å². The summed E-state index contributed by atoms with van der Waals surface area (Å²) in [5, 5.41) is 0. The third-order valence-corrected chi connectivity index (χ3v) is 3.41. The fourth-order valence-electron chi connectivity index (χ4n) is 2.52. The highest BCUT2D eigenvalue weighted by Gasteiger charge is 2.34. The second kappa shape index (κ2) is 6.10. The SMILES string of the molecule is CC(C)(C)OC(=O)[C@H]1CCCN1Cc1ccc(F)c(F)c1. The number of rotatable bonds is 3. The smallest absolute Gasteiger partial charge is 0.323 e. The van der Waals surface area contributed by atoms with Gasteiger partial charge in [0.1, 0.15) is 11.6 Å². The summed E-state index contributed by atoms with van der Waals surface area (Å²) < 4.78 is 31.6. The van der Waals surface area contributed by atoms with Crippen LogP contribution in [0.4, 0.5) is 8.78 Å². The minimum Gasteiger partial charge on any atom is -0.459 e. The van der Waals surface area contributed by atoms with Gasteiger partial charge in [0.15, 0.2) is 11.6 Å². The van der Waals surface area contributed by atoms with Gasteiger partial charge < -0.3 is 4.74 Å². The van der Waals surface area contributed by atoms with Crippen molar-refractivity contribution >= 4 is 5.97 Å². The summed E-state index contributed by atoms with van der Waals surface area (Å²) >= 11 is 0. The number of benzene rings is 1. The van der Waals surface area contributed by atoms with Crippen molar-refractivity contribution in [2.75, 3.05) is 6.54 Å². The molecule has 2 rings (SSSR count). The molecule has 3 nitrogen and oxygen atoms in total. The fourth-order valence-corrected chi connectivity index (χ4v) is 2.52. The van der Waals surface area contributed by atoms with Crippen molar-refractivity contribution in [1.82, 2.24) is 4.90 Å². The number of halogens is 2. The molecule has 0 saturated carbocycles. The average molecular weight is 297 g/mol. The number of esters is 1. The van der Waals surface area contributed by atoms with E-state index in [-0.39, 0.29) is 12.0 Å². The Labute approximate surface area is 123 Å². The lowest BCUT2D eigenvalue weighted by atomic mass is 10.1. The van der Waals surface area contributed by atoms with Crippen LogP contribution in [0.5, 0.6) is 0 Å². The van der Waals surface area contributed by atoms with Crippen molar-refractivity contribution < 1.29 is 18.3 Å². The van der Waals surface area contributed by atoms with E-state index in [0.29, 0.717) is 12.1 Å². The first-order valence-corrected chi connectivity index (χ1v) is 7.17. The molecule has 1 aromatic carbocycles. The maximum absolute atomic E-state index is 13.2. The van der Waals surface area contributed by atoms with Crippen molar-refractivity contribution in [3.05, 3.63) is 35.4 Å². The molecule has 0 spiro atoms. The lowest BCUT2D eigenvalue weighted by Gasteiger charge is -2.27. The molecule has 116 valence electrons.